The summed E-state index contributed by atoms with van der Waals surface area (Å²) in [5, 5.41) is 19.8. The first-order chi connectivity index (χ1) is 18.4. The van der Waals surface area contributed by atoms with Crippen LogP contribution in [0.1, 0.15) is 29.5 Å². The predicted molar refractivity (Wildman–Crippen MR) is 140 cm³/mol. The number of ether oxygens (including phenoxy) is 2. The number of likely N-dealkylation sites (tertiary alicyclic amines) is 1. The third kappa shape index (κ3) is 10.9. The van der Waals surface area contributed by atoms with Gasteiger partial charge >= 0.3 is 12.1 Å². The molecular formula is C27H29ClF3N3O5. The molecule has 2 N–H and O–H groups in total. The van der Waals surface area contributed by atoms with Gasteiger partial charge < -0.3 is 24.8 Å². The molecule has 1 heterocycles. The molecule has 1 amide bonds. The molecule has 0 bridgehead atoms. The Morgan fingerprint density at radius 2 is 1.90 bits per heavy atom. The molecule has 1 aliphatic rings. The minimum Gasteiger partial charge on any atom is -0.496 e. The number of rotatable bonds is 8. The normalized spacial score (nSPS) is 14.2. The van der Waals surface area contributed by atoms with Crippen molar-refractivity contribution in [2.75, 3.05) is 33.3 Å². The highest BCUT2D eigenvalue weighted by molar-refractivity contribution is 6.31. The number of nitriles is 1. The lowest BCUT2D eigenvalue weighted by Gasteiger charge is -2.32. The van der Waals surface area contributed by atoms with Gasteiger partial charge in [-0.05, 0) is 67.8 Å². The van der Waals surface area contributed by atoms with Gasteiger partial charge in [-0.2, -0.15) is 18.4 Å². The number of alkyl halides is 3. The van der Waals surface area contributed by atoms with Crippen molar-refractivity contribution in [1.29, 1.82) is 5.26 Å². The van der Waals surface area contributed by atoms with Crippen LogP contribution < -0.4 is 14.8 Å². The van der Waals surface area contributed by atoms with Crippen molar-refractivity contribution in [1.82, 2.24) is 10.2 Å². The zero-order valence-corrected chi connectivity index (χ0v) is 22.2. The van der Waals surface area contributed by atoms with Crippen molar-refractivity contribution < 1.29 is 37.3 Å². The number of carbonyl (C=O) groups excluding carboxylic acids is 1. The van der Waals surface area contributed by atoms with E-state index < -0.39 is 12.1 Å². The van der Waals surface area contributed by atoms with Gasteiger partial charge in [0, 0.05) is 42.8 Å². The third-order valence-corrected chi connectivity index (χ3v) is 6.13. The number of hydrogen-bond donors (Lipinski definition) is 2. The topological polar surface area (TPSA) is 112 Å². The van der Waals surface area contributed by atoms with E-state index in [0.29, 0.717) is 23.4 Å². The number of carbonyl (C=O) groups is 2. The van der Waals surface area contributed by atoms with Gasteiger partial charge in [0.1, 0.15) is 17.6 Å². The van der Waals surface area contributed by atoms with Crippen molar-refractivity contribution in [2.45, 2.75) is 32.0 Å². The number of amides is 1. The summed E-state index contributed by atoms with van der Waals surface area (Å²) in [7, 11) is 1.56. The number of benzene rings is 2. The fourth-order valence-corrected chi connectivity index (χ4v) is 3.75. The van der Waals surface area contributed by atoms with Gasteiger partial charge in [-0.3, -0.25) is 4.79 Å². The molecule has 2 aromatic carbocycles. The monoisotopic (exact) mass is 567 g/mol. The van der Waals surface area contributed by atoms with E-state index in [-0.39, 0.29) is 12.0 Å². The Kier molecular flexibility index (Phi) is 12.1. The van der Waals surface area contributed by atoms with Gasteiger partial charge in [0.2, 0.25) is 5.91 Å². The number of piperidine rings is 1. The molecule has 0 unspecified atom stereocenters. The van der Waals surface area contributed by atoms with Crippen molar-refractivity contribution in [3.05, 3.63) is 64.2 Å². The van der Waals surface area contributed by atoms with Crippen molar-refractivity contribution in [3.63, 3.8) is 0 Å². The number of hydrogen-bond acceptors (Lipinski definition) is 6. The number of aliphatic carboxylic acids is 1. The van der Waals surface area contributed by atoms with E-state index in [2.05, 4.69) is 16.3 Å². The number of carboxylic acid groups (broad SMARTS) is 1. The van der Waals surface area contributed by atoms with E-state index in [0.717, 1.165) is 48.8 Å². The van der Waals surface area contributed by atoms with Crippen LogP contribution >= 0.6 is 11.6 Å². The van der Waals surface area contributed by atoms with Gasteiger partial charge in [-0.25, -0.2) is 4.79 Å². The highest BCUT2D eigenvalue weighted by Gasteiger charge is 2.38. The van der Waals surface area contributed by atoms with Crippen LogP contribution in [0.2, 0.25) is 5.02 Å². The largest absolute Gasteiger partial charge is 0.496 e. The summed E-state index contributed by atoms with van der Waals surface area (Å²) in [5.74, 6) is -1.45. The molecule has 2 aromatic rings. The molecule has 8 nitrogen and oxygen atoms in total. The van der Waals surface area contributed by atoms with Gasteiger partial charge in [-0.1, -0.05) is 11.6 Å². The summed E-state index contributed by atoms with van der Waals surface area (Å²) in [6.07, 6.45) is 0.141. The van der Waals surface area contributed by atoms with E-state index >= 15 is 0 Å². The maximum atomic E-state index is 12.2. The van der Waals surface area contributed by atoms with Gasteiger partial charge in [0.25, 0.3) is 0 Å². The maximum absolute atomic E-state index is 12.2. The Labute approximate surface area is 229 Å². The van der Waals surface area contributed by atoms with E-state index in [4.69, 9.17) is 36.2 Å². The number of methoxy groups -OCH3 is 1. The van der Waals surface area contributed by atoms with Crippen molar-refractivity contribution in [3.8, 4) is 17.6 Å². The highest BCUT2D eigenvalue weighted by Crippen LogP contribution is 2.24. The average molecular weight is 568 g/mol. The van der Waals surface area contributed by atoms with Crippen LogP contribution in [0, 0.1) is 18.3 Å². The van der Waals surface area contributed by atoms with Crippen molar-refractivity contribution in [2.24, 2.45) is 0 Å². The fraction of sp³-hybridized carbons (Fsp3) is 0.370. The first-order valence-corrected chi connectivity index (χ1v) is 12.3. The average Bonchev–Trinajstić information content (AvgIpc) is 2.90. The van der Waals surface area contributed by atoms with Gasteiger partial charge in [-0.15, -0.1) is 0 Å². The molecule has 0 saturated carbocycles. The van der Waals surface area contributed by atoms with E-state index in [1.165, 1.54) is 6.08 Å². The molecule has 0 atom stereocenters. The first-order valence-electron chi connectivity index (χ1n) is 11.9. The number of nitrogens with zero attached hydrogens (tertiary/aromatic N) is 2. The summed E-state index contributed by atoms with van der Waals surface area (Å²) in [6, 6.07) is 12.9. The second-order valence-corrected chi connectivity index (χ2v) is 8.97. The van der Waals surface area contributed by atoms with Crippen LogP contribution in [-0.4, -0.2) is 67.5 Å². The molecule has 12 heteroatoms. The molecule has 3 rings (SSSR count). The first kappa shape index (κ1) is 31.5. The number of carboxylic acids is 1. The minimum atomic E-state index is -5.08. The smallest absolute Gasteiger partial charge is 0.490 e. The molecule has 0 aliphatic carbocycles. The van der Waals surface area contributed by atoms with Crippen LogP contribution in [0.25, 0.3) is 6.08 Å². The standard InChI is InChI=1S/C25H28ClN3O3.C2HF3O2/c1-18-15-22(5-6-23(18)26)32-21-9-12-29(13-10-21)14-11-28-25(30)8-4-20-16-19(17-27)3-7-24(20)31-2;3-2(4,5)1(6)7/h3-8,15-16,21H,9-14H2,1-2H3,(H,28,30);(H,6,7)/b8-4+;. The van der Waals surface area contributed by atoms with Crippen LogP contribution in [0.5, 0.6) is 11.5 Å². The molecule has 210 valence electrons. The minimum absolute atomic E-state index is 0.175. The Balaban J connectivity index is 0.000000673. The molecule has 0 radical (unpaired) electrons. The molecule has 0 aromatic heterocycles. The number of aryl methyl sites for hydroxylation is 1. The second-order valence-electron chi connectivity index (χ2n) is 8.57. The van der Waals surface area contributed by atoms with E-state index in [1.54, 1.807) is 31.4 Å². The van der Waals surface area contributed by atoms with Crippen LogP contribution in [-0.2, 0) is 9.59 Å². The van der Waals surface area contributed by atoms with E-state index in [1.807, 2.05) is 25.1 Å². The van der Waals surface area contributed by atoms with Gasteiger partial charge in [0.05, 0.1) is 18.7 Å². The molecule has 39 heavy (non-hydrogen) atoms. The summed E-state index contributed by atoms with van der Waals surface area (Å²) in [5.41, 5.74) is 2.23. The predicted octanol–water partition coefficient (Wildman–Crippen LogP) is 4.83. The van der Waals surface area contributed by atoms with E-state index in [9.17, 15) is 18.0 Å². The lowest BCUT2D eigenvalue weighted by Crippen LogP contribution is -2.42. The zero-order valence-electron chi connectivity index (χ0n) is 21.4. The second kappa shape index (κ2) is 15.0. The van der Waals surface area contributed by atoms with Gasteiger partial charge in [0.15, 0.2) is 0 Å². The summed E-state index contributed by atoms with van der Waals surface area (Å²) >= 11 is 6.08. The molecular weight excluding hydrogens is 539 g/mol. The maximum Gasteiger partial charge on any atom is 0.490 e. The van der Waals surface area contributed by atoms with Crippen LogP contribution in [0.3, 0.4) is 0 Å². The molecule has 1 aliphatic heterocycles. The Bertz CT molecular complexity index is 1210. The zero-order chi connectivity index (χ0) is 29.0. The Hall–Kier alpha value is -3.75. The summed E-state index contributed by atoms with van der Waals surface area (Å²) in [6.45, 7) is 5.20. The quantitative estimate of drug-likeness (QED) is 0.439. The Morgan fingerprint density at radius 1 is 1.23 bits per heavy atom. The highest BCUT2D eigenvalue weighted by atomic mass is 35.5. The number of halogens is 4. The summed E-state index contributed by atoms with van der Waals surface area (Å²) in [4.78, 5) is 23.4. The summed E-state index contributed by atoms with van der Waals surface area (Å²) < 4.78 is 43.1. The lowest BCUT2D eigenvalue weighted by atomic mass is 10.1. The molecule has 1 fully saturated rings. The lowest BCUT2D eigenvalue weighted by molar-refractivity contribution is -0.192. The molecule has 0 spiro atoms. The van der Waals surface area contributed by atoms with Crippen molar-refractivity contribution >= 4 is 29.6 Å². The van der Waals surface area contributed by atoms with Crippen LogP contribution in [0.4, 0.5) is 13.2 Å². The molecule has 1 saturated heterocycles. The SMILES string of the molecule is COc1ccc(C#N)cc1/C=C/C(=O)NCCN1CCC(Oc2ccc(Cl)c(C)c2)CC1.O=C(O)C(F)(F)F. The Morgan fingerprint density at radius 3 is 2.46 bits per heavy atom. The number of nitrogens with one attached hydrogen (secondary N) is 1. The van der Waals surface area contributed by atoms with Crippen LogP contribution in [0.15, 0.2) is 42.5 Å². The third-order valence-electron chi connectivity index (χ3n) is 5.71. The fourth-order valence-electron chi connectivity index (χ4n) is 3.63.